The lowest BCUT2D eigenvalue weighted by Gasteiger charge is -2.03. The van der Waals surface area contributed by atoms with E-state index in [4.69, 9.17) is 0 Å². The number of benzene rings is 1. The lowest BCUT2D eigenvalue weighted by Crippen LogP contribution is -2.12. The van der Waals surface area contributed by atoms with Crippen molar-refractivity contribution in [3.05, 3.63) is 53.9 Å². The third-order valence-corrected chi connectivity index (χ3v) is 1.96. The molecule has 2 aromatic rings. The highest BCUT2D eigenvalue weighted by atomic mass is 19.1. The summed E-state index contributed by atoms with van der Waals surface area (Å²) in [6.45, 7) is 0. The minimum absolute atomic E-state index is 0.0806. The average molecular weight is 222 g/mol. The summed E-state index contributed by atoms with van der Waals surface area (Å²) in [5.41, 5.74) is 0.404. The zero-order valence-electron chi connectivity index (χ0n) is 8.13. The largest absolute Gasteiger partial charge is 0.357 e. The van der Waals surface area contributed by atoms with Crippen LogP contribution in [0.15, 0.2) is 36.5 Å². The highest BCUT2D eigenvalue weighted by Crippen LogP contribution is 2.13. The second-order valence-corrected chi connectivity index (χ2v) is 3.20. The van der Waals surface area contributed by atoms with Gasteiger partial charge in [-0.15, -0.1) is 0 Å². The summed E-state index contributed by atoms with van der Waals surface area (Å²) in [7, 11) is 0. The van der Waals surface area contributed by atoms with Crippen LogP contribution in [0.1, 0.15) is 10.5 Å². The summed E-state index contributed by atoms with van der Waals surface area (Å²) >= 11 is 0. The van der Waals surface area contributed by atoms with Crippen LogP contribution in [-0.4, -0.2) is 10.9 Å². The molecule has 0 radical (unpaired) electrons. The number of aromatic nitrogens is 1. The molecule has 0 aliphatic heterocycles. The first-order valence-electron chi connectivity index (χ1n) is 4.56. The van der Waals surface area contributed by atoms with Gasteiger partial charge in [-0.3, -0.25) is 4.79 Å². The normalized spacial score (nSPS) is 10.1. The summed E-state index contributed by atoms with van der Waals surface area (Å²) in [6.07, 6.45) is 1.58. The smallest absolute Gasteiger partial charge is 0.272 e. The number of amides is 1. The quantitative estimate of drug-likeness (QED) is 0.805. The van der Waals surface area contributed by atoms with Crippen molar-refractivity contribution in [2.24, 2.45) is 0 Å². The Hall–Kier alpha value is -2.17. The van der Waals surface area contributed by atoms with Gasteiger partial charge < -0.3 is 10.3 Å². The van der Waals surface area contributed by atoms with Crippen LogP contribution in [0.5, 0.6) is 0 Å². The number of rotatable bonds is 2. The van der Waals surface area contributed by atoms with E-state index in [1.54, 1.807) is 18.3 Å². The lowest BCUT2D eigenvalue weighted by molar-refractivity contribution is 0.102. The zero-order chi connectivity index (χ0) is 11.5. The monoisotopic (exact) mass is 222 g/mol. The molecule has 5 heteroatoms. The molecule has 0 fully saturated rings. The van der Waals surface area contributed by atoms with Gasteiger partial charge in [0.15, 0.2) is 0 Å². The molecule has 1 heterocycles. The Balaban J connectivity index is 2.18. The van der Waals surface area contributed by atoms with Gasteiger partial charge in [0.25, 0.3) is 5.91 Å². The Kier molecular flexibility index (Phi) is 2.68. The van der Waals surface area contributed by atoms with E-state index in [2.05, 4.69) is 10.3 Å². The SMILES string of the molecule is O=C(Nc1cc(F)cc(F)c1)c1ccc[nH]1. The molecule has 16 heavy (non-hydrogen) atoms. The van der Waals surface area contributed by atoms with E-state index >= 15 is 0 Å². The third-order valence-electron chi connectivity index (χ3n) is 1.96. The van der Waals surface area contributed by atoms with Crippen LogP contribution in [-0.2, 0) is 0 Å². The molecule has 1 aromatic carbocycles. The zero-order valence-corrected chi connectivity index (χ0v) is 8.13. The molecule has 0 saturated carbocycles. The molecule has 0 atom stereocenters. The van der Waals surface area contributed by atoms with Crippen molar-refractivity contribution in [3.63, 3.8) is 0 Å². The van der Waals surface area contributed by atoms with Crippen molar-refractivity contribution in [2.45, 2.75) is 0 Å². The molecule has 0 unspecified atom stereocenters. The molecule has 1 amide bonds. The average Bonchev–Trinajstić information content (AvgIpc) is 2.68. The molecule has 0 spiro atoms. The number of H-pyrrole nitrogens is 1. The topological polar surface area (TPSA) is 44.9 Å². The molecule has 2 N–H and O–H groups in total. The van der Waals surface area contributed by atoms with Crippen LogP contribution in [0.4, 0.5) is 14.5 Å². The van der Waals surface area contributed by atoms with Crippen molar-refractivity contribution in [1.29, 1.82) is 0 Å². The minimum Gasteiger partial charge on any atom is -0.357 e. The number of halogens is 2. The van der Waals surface area contributed by atoms with Gasteiger partial charge in [0.1, 0.15) is 17.3 Å². The molecule has 2 rings (SSSR count). The summed E-state index contributed by atoms with van der Waals surface area (Å²) < 4.78 is 25.6. The van der Waals surface area contributed by atoms with E-state index in [1.165, 1.54) is 0 Å². The summed E-state index contributed by atoms with van der Waals surface area (Å²) in [5, 5.41) is 2.38. The standard InChI is InChI=1S/C11H8F2N2O/c12-7-4-8(13)6-9(5-7)15-11(16)10-2-1-3-14-10/h1-6,14H,(H,15,16). The van der Waals surface area contributed by atoms with Crippen molar-refractivity contribution >= 4 is 11.6 Å². The van der Waals surface area contributed by atoms with Gasteiger partial charge in [-0.05, 0) is 24.3 Å². The first kappa shape index (κ1) is 10.4. The Morgan fingerprint density at radius 1 is 1.19 bits per heavy atom. The third kappa shape index (κ3) is 2.25. The predicted molar refractivity (Wildman–Crippen MR) is 55.1 cm³/mol. The van der Waals surface area contributed by atoms with E-state index in [1.807, 2.05) is 0 Å². The Morgan fingerprint density at radius 3 is 2.44 bits per heavy atom. The van der Waals surface area contributed by atoms with Crippen molar-refractivity contribution in [2.75, 3.05) is 5.32 Å². The van der Waals surface area contributed by atoms with Gasteiger partial charge in [-0.1, -0.05) is 0 Å². The van der Waals surface area contributed by atoms with Crippen molar-refractivity contribution < 1.29 is 13.6 Å². The van der Waals surface area contributed by atoms with Crippen LogP contribution < -0.4 is 5.32 Å². The maximum absolute atomic E-state index is 12.8. The van der Waals surface area contributed by atoms with E-state index < -0.39 is 17.5 Å². The molecule has 82 valence electrons. The van der Waals surface area contributed by atoms with Crippen molar-refractivity contribution in [3.8, 4) is 0 Å². The lowest BCUT2D eigenvalue weighted by atomic mass is 10.3. The van der Waals surface area contributed by atoms with Crippen LogP contribution in [0.25, 0.3) is 0 Å². The van der Waals surface area contributed by atoms with Crippen molar-refractivity contribution in [1.82, 2.24) is 4.98 Å². The molecule has 0 saturated heterocycles. The van der Waals surface area contributed by atoms with Gasteiger partial charge in [0.05, 0.1) is 0 Å². The van der Waals surface area contributed by atoms with Gasteiger partial charge >= 0.3 is 0 Å². The van der Waals surface area contributed by atoms with Gasteiger partial charge in [-0.25, -0.2) is 8.78 Å². The number of hydrogen-bond donors (Lipinski definition) is 2. The number of aromatic amines is 1. The fourth-order valence-corrected chi connectivity index (χ4v) is 1.30. The molecule has 0 aliphatic carbocycles. The van der Waals surface area contributed by atoms with Crippen LogP contribution in [0.2, 0.25) is 0 Å². The van der Waals surface area contributed by atoms with E-state index in [9.17, 15) is 13.6 Å². The molecule has 3 nitrogen and oxygen atoms in total. The molecule has 1 aromatic heterocycles. The van der Waals surface area contributed by atoms with E-state index in [0.29, 0.717) is 5.69 Å². The summed E-state index contributed by atoms with van der Waals surface area (Å²) in [4.78, 5) is 14.2. The second kappa shape index (κ2) is 4.14. The Labute approximate surface area is 90.1 Å². The Bertz CT molecular complexity index is 488. The number of anilines is 1. The first-order chi connectivity index (χ1) is 7.65. The highest BCUT2D eigenvalue weighted by Gasteiger charge is 2.07. The van der Waals surface area contributed by atoms with E-state index in [0.717, 1.165) is 18.2 Å². The summed E-state index contributed by atoms with van der Waals surface area (Å²) in [6, 6.07) is 6.05. The molecular weight excluding hydrogens is 214 g/mol. The number of carbonyl (C=O) groups excluding carboxylic acids is 1. The van der Waals surface area contributed by atoms with Crippen LogP contribution >= 0.6 is 0 Å². The first-order valence-corrected chi connectivity index (χ1v) is 4.56. The maximum atomic E-state index is 12.8. The van der Waals surface area contributed by atoms with Gasteiger partial charge in [-0.2, -0.15) is 0 Å². The maximum Gasteiger partial charge on any atom is 0.272 e. The van der Waals surface area contributed by atoms with Crippen LogP contribution in [0, 0.1) is 11.6 Å². The fourth-order valence-electron chi connectivity index (χ4n) is 1.30. The minimum atomic E-state index is -0.734. The highest BCUT2D eigenvalue weighted by molar-refractivity contribution is 6.02. The summed E-state index contributed by atoms with van der Waals surface area (Å²) in [5.74, 6) is -1.92. The molecular formula is C11H8F2N2O. The Morgan fingerprint density at radius 2 is 1.88 bits per heavy atom. The second-order valence-electron chi connectivity index (χ2n) is 3.20. The number of hydrogen-bond acceptors (Lipinski definition) is 1. The predicted octanol–water partition coefficient (Wildman–Crippen LogP) is 2.55. The van der Waals surface area contributed by atoms with Gasteiger partial charge in [0.2, 0.25) is 0 Å². The molecule has 0 aliphatic rings. The molecule has 0 bridgehead atoms. The van der Waals surface area contributed by atoms with Crippen LogP contribution in [0.3, 0.4) is 0 Å². The fraction of sp³-hybridized carbons (Fsp3) is 0. The number of nitrogens with one attached hydrogen (secondary N) is 2. The van der Waals surface area contributed by atoms with Gasteiger partial charge in [0, 0.05) is 18.0 Å². The number of carbonyl (C=O) groups is 1. The van der Waals surface area contributed by atoms with E-state index in [-0.39, 0.29) is 5.69 Å².